The molecule has 1 amide bonds. The summed E-state index contributed by atoms with van der Waals surface area (Å²) in [6.45, 7) is 4.90. The standard InChI is InChI=1S/C62H117NO5/c1-3-5-7-9-11-13-15-17-26-30-34-38-42-46-50-54-60(65)59(58-64)63-61(66)55-51-47-43-39-35-31-28-24-22-20-19-21-23-25-29-33-37-41-45-49-53-57-68-62(67)56-52-48-44-40-36-32-27-18-16-14-12-10-8-6-4-2/h18,20,22,27,50,54,59-60,64-65H,3-17,19,21,23-26,28-49,51-53,55-58H2,1-2H3,(H,63,66)/b22-20-,27-18-,54-50+. The number of ether oxygens (including phenoxy) is 1. The second kappa shape index (κ2) is 57.7. The van der Waals surface area contributed by atoms with Crippen LogP contribution in [-0.2, 0) is 14.3 Å². The van der Waals surface area contributed by atoms with Crippen LogP contribution in [-0.4, -0.2) is 47.4 Å². The van der Waals surface area contributed by atoms with E-state index in [9.17, 15) is 19.8 Å². The van der Waals surface area contributed by atoms with Gasteiger partial charge in [-0.1, -0.05) is 262 Å². The Morgan fingerprint density at radius 2 is 0.691 bits per heavy atom. The second-order valence-corrected chi connectivity index (χ2v) is 20.7. The lowest BCUT2D eigenvalue weighted by Crippen LogP contribution is -2.45. The molecule has 0 saturated heterocycles. The lowest BCUT2D eigenvalue weighted by Gasteiger charge is -2.20. The normalized spacial score (nSPS) is 12.8. The molecule has 0 rings (SSSR count). The minimum absolute atomic E-state index is 0.000438. The van der Waals surface area contributed by atoms with Crippen molar-refractivity contribution in [3.63, 3.8) is 0 Å². The van der Waals surface area contributed by atoms with Crippen LogP contribution in [0.3, 0.4) is 0 Å². The summed E-state index contributed by atoms with van der Waals surface area (Å²) in [5, 5.41) is 23.1. The molecule has 6 nitrogen and oxygen atoms in total. The number of unbranched alkanes of at least 4 members (excludes halogenated alkanes) is 41. The average molecular weight is 957 g/mol. The van der Waals surface area contributed by atoms with Crippen LogP contribution >= 0.6 is 0 Å². The Morgan fingerprint density at radius 1 is 0.397 bits per heavy atom. The number of aliphatic hydroxyl groups excluding tert-OH is 2. The fourth-order valence-corrected chi connectivity index (χ4v) is 9.21. The molecule has 0 spiro atoms. The van der Waals surface area contributed by atoms with Crippen molar-refractivity contribution < 1.29 is 24.5 Å². The van der Waals surface area contributed by atoms with E-state index in [0.29, 0.717) is 19.4 Å². The molecule has 0 aliphatic heterocycles. The molecule has 0 heterocycles. The van der Waals surface area contributed by atoms with Gasteiger partial charge in [0.15, 0.2) is 0 Å². The van der Waals surface area contributed by atoms with Gasteiger partial charge in [-0.05, 0) is 83.5 Å². The van der Waals surface area contributed by atoms with Gasteiger partial charge >= 0.3 is 5.97 Å². The Kier molecular flexibility index (Phi) is 56.0. The molecule has 68 heavy (non-hydrogen) atoms. The number of aliphatic hydroxyl groups is 2. The van der Waals surface area contributed by atoms with Crippen molar-refractivity contribution in [1.29, 1.82) is 0 Å². The summed E-state index contributed by atoms with van der Waals surface area (Å²) in [5.41, 5.74) is 0. The molecular weight excluding hydrogens is 839 g/mol. The lowest BCUT2D eigenvalue weighted by molar-refractivity contribution is -0.143. The first-order chi connectivity index (χ1) is 33.5. The number of rotatable bonds is 56. The van der Waals surface area contributed by atoms with Crippen molar-refractivity contribution >= 4 is 11.9 Å². The molecule has 0 aromatic rings. The number of hydrogen-bond acceptors (Lipinski definition) is 5. The highest BCUT2D eigenvalue weighted by Gasteiger charge is 2.18. The first-order valence-electron chi connectivity index (χ1n) is 30.3. The van der Waals surface area contributed by atoms with Crippen LogP contribution in [0.2, 0.25) is 0 Å². The van der Waals surface area contributed by atoms with Gasteiger partial charge in [-0.15, -0.1) is 0 Å². The first kappa shape index (κ1) is 66.1. The first-order valence-corrected chi connectivity index (χ1v) is 30.3. The largest absolute Gasteiger partial charge is 0.466 e. The van der Waals surface area contributed by atoms with Crippen LogP contribution < -0.4 is 5.32 Å². The van der Waals surface area contributed by atoms with Crippen molar-refractivity contribution in [2.24, 2.45) is 0 Å². The van der Waals surface area contributed by atoms with Gasteiger partial charge in [-0.2, -0.15) is 0 Å². The fraction of sp³-hybridized carbons (Fsp3) is 0.871. The average Bonchev–Trinajstić information content (AvgIpc) is 3.34. The van der Waals surface area contributed by atoms with Crippen molar-refractivity contribution in [1.82, 2.24) is 5.32 Å². The van der Waals surface area contributed by atoms with Gasteiger partial charge in [-0.3, -0.25) is 9.59 Å². The van der Waals surface area contributed by atoms with Crippen LogP contribution in [0.15, 0.2) is 36.5 Å². The summed E-state index contributed by atoms with van der Waals surface area (Å²) in [5.74, 6) is -0.0755. The Hall–Kier alpha value is -1.92. The van der Waals surface area contributed by atoms with Crippen LogP contribution in [0.5, 0.6) is 0 Å². The molecule has 400 valence electrons. The molecule has 0 aromatic carbocycles. The van der Waals surface area contributed by atoms with Gasteiger partial charge in [0.05, 0.1) is 25.4 Å². The molecule has 0 aromatic heterocycles. The molecular formula is C62H117NO5. The van der Waals surface area contributed by atoms with E-state index in [1.54, 1.807) is 6.08 Å². The Balaban J connectivity index is 3.45. The summed E-state index contributed by atoms with van der Waals surface area (Å²) in [6.07, 6.45) is 71.7. The lowest BCUT2D eigenvalue weighted by atomic mass is 10.0. The van der Waals surface area contributed by atoms with E-state index in [2.05, 4.69) is 43.5 Å². The number of carbonyl (C=O) groups is 2. The summed E-state index contributed by atoms with van der Waals surface area (Å²) < 4.78 is 5.48. The number of nitrogens with one attached hydrogen (secondary N) is 1. The Bertz CT molecular complexity index is 1100. The van der Waals surface area contributed by atoms with E-state index in [1.807, 2.05) is 6.08 Å². The maximum absolute atomic E-state index is 12.5. The zero-order valence-electron chi connectivity index (χ0n) is 45.6. The predicted octanol–water partition coefficient (Wildman–Crippen LogP) is 18.8. The maximum atomic E-state index is 12.5. The third-order valence-electron chi connectivity index (χ3n) is 13.9. The highest BCUT2D eigenvalue weighted by Crippen LogP contribution is 2.16. The number of hydrogen-bond donors (Lipinski definition) is 3. The molecule has 6 heteroatoms. The van der Waals surface area contributed by atoms with E-state index in [-0.39, 0.29) is 18.5 Å². The summed E-state index contributed by atoms with van der Waals surface area (Å²) in [4.78, 5) is 24.5. The third kappa shape index (κ3) is 53.4. The number of amides is 1. The van der Waals surface area contributed by atoms with Gasteiger partial charge in [0.2, 0.25) is 5.91 Å². The summed E-state index contributed by atoms with van der Waals surface area (Å²) >= 11 is 0. The molecule has 0 aliphatic rings. The van der Waals surface area contributed by atoms with E-state index in [1.165, 1.54) is 244 Å². The molecule has 0 aliphatic carbocycles. The maximum Gasteiger partial charge on any atom is 0.305 e. The predicted molar refractivity (Wildman–Crippen MR) is 296 cm³/mol. The van der Waals surface area contributed by atoms with E-state index in [0.717, 1.165) is 51.4 Å². The molecule has 0 radical (unpaired) electrons. The van der Waals surface area contributed by atoms with Crippen LogP contribution in [0, 0.1) is 0 Å². The number of carbonyl (C=O) groups excluding carboxylic acids is 2. The van der Waals surface area contributed by atoms with E-state index < -0.39 is 12.1 Å². The fourth-order valence-electron chi connectivity index (χ4n) is 9.21. The molecule has 2 unspecified atom stereocenters. The number of esters is 1. The smallest absolute Gasteiger partial charge is 0.305 e. The van der Waals surface area contributed by atoms with Crippen molar-refractivity contribution in [3.8, 4) is 0 Å². The summed E-state index contributed by atoms with van der Waals surface area (Å²) in [7, 11) is 0. The van der Waals surface area contributed by atoms with Crippen LogP contribution in [0.1, 0.15) is 322 Å². The summed E-state index contributed by atoms with van der Waals surface area (Å²) in [6, 6.07) is -0.634. The highest BCUT2D eigenvalue weighted by atomic mass is 16.5. The van der Waals surface area contributed by atoms with Crippen molar-refractivity contribution in [3.05, 3.63) is 36.5 Å². The van der Waals surface area contributed by atoms with Crippen LogP contribution in [0.25, 0.3) is 0 Å². The third-order valence-corrected chi connectivity index (χ3v) is 13.9. The van der Waals surface area contributed by atoms with Gasteiger partial charge < -0.3 is 20.3 Å². The van der Waals surface area contributed by atoms with Gasteiger partial charge in [0.1, 0.15) is 0 Å². The minimum atomic E-state index is -0.849. The zero-order chi connectivity index (χ0) is 49.3. The SMILES string of the molecule is CCCCCCCC/C=C\CCCCCCCC(=O)OCCCCCCCCCCCC/C=C\CCCCCCCCCC(=O)NC(CO)C(O)/C=C/CCCCCCCCCCCCCCC. The Labute approximate surface area is 424 Å². The van der Waals surface area contributed by atoms with E-state index >= 15 is 0 Å². The van der Waals surface area contributed by atoms with Crippen molar-refractivity contribution in [2.45, 2.75) is 334 Å². The quantitative estimate of drug-likeness (QED) is 0.0321. The molecule has 0 fully saturated rings. The van der Waals surface area contributed by atoms with Crippen molar-refractivity contribution in [2.75, 3.05) is 13.2 Å². The topological polar surface area (TPSA) is 95.9 Å². The monoisotopic (exact) mass is 956 g/mol. The molecule has 0 bridgehead atoms. The molecule has 2 atom stereocenters. The van der Waals surface area contributed by atoms with E-state index in [4.69, 9.17) is 4.74 Å². The van der Waals surface area contributed by atoms with Gasteiger partial charge in [0, 0.05) is 12.8 Å². The zero-order valence-corrected chi connectivity index (χ0v) is 45.6. The molecule has 3 N–H and O–H groups in total. The highest BCUT2D eigenvalue weighted by molar-refractivity contribution is 5.76. The van der Waals surface area contributed by atoms with Crippen LogP contribution in [0.4, 0.5) is 0 Å². The van der Waals surface area contributed by atoms with Gasteiger partial charge in [0.25, 0.3) is 0 Å². The molecule has 0 saturated carbocycles. The van der Waals surface area contributed by atoms with Gasteiger partial charge in [-0.25, -0.2) is 0 Å². The second-order valence-electron chi connectivity index (χ2n) is 20.7. The Morgan fingerprint density at radius 3 is 1.04 bits per heavy atom. The number of allylic oxidation sites excluding steroid dienone is 5. The minimum Gasteiger partial charge on any atom is -0.466 e.